The van der Waals surface area contributed by atoms with Crippen LogP contribution in [0.25, 0.3) is 0 Å². The SMILES string of the molecule is CCC/C=N/NS(=O)(=O)c1ccc(N=Nc2ccc(N(C)C)cc2)cc1. The standard InChI is InChI=1S/C18H23N5O2S/c1-4-5-14-19-22-26(24,25)18-12-8-16(9-13-18)21-20-15-6-10-17(11-7-15)23(2)3/h6-14,22H,4-5H2,1-3H3/b19-14+,21-20?. The topological polar surface area (TPSA) is 86.5 Å². The summed E-state index contributed by atoms with van der Waals surface area (Å²) in [7, 11) is 0.274. The van der Waals surface area contributed by atoms with E-state index in [1.807, 2.05) is 50.2 Å². The van der Waals surface area contributed by atoms with Crippen LogP contribution in [0, 0.1) is 0 Å². The van der Waals surface area contributed by atoms with Crippen molar-refractivity contribution in [3.05, 3.63) is 48.5 Å². The Morgan fingerprint density at radius 3 is 2.00 bits per heavy atom. The first-order chi connectivity index (χ1) is 12.4. The van der Waals surface area contributed by atoms with Gasteiger partial charge in [-0.05, 0) is 55.0 Å². The van der Waals surface area contributed by atoms with E-state index in [1.165, 1.54) is 12.1 Å². The van der Waals surface area contributed by atoms with Gasteiger partial charge in [-0.15, -0.1) is 0 Å². The molecular formula is C18H23N5O2S. The summed E-state index contributed by atoms with van der Waals surface area (Å²) >= 11 is 0. The van der Waals surface area contributed by atoms with Crippen molar-refractivity contribution in [2.45, 2.75) is 24.7 Å². The molecule has 0 aliphatic carbocycles. The number of nitrogens with zero attached hydrogens (tertiary/aromatic N) is 4. The summed E-state index contributed by atoms with van der Waals surface area (Å²) in [5, 5.41) is 12.0. The highest BCUT2D eigenvalue weighted by Gasteiger charge is 2.12. The summed E-state index contributed by atoms with van der Waals surface area (Å²) in [6, 6.07) is 13.8. The van der Waals surface area contributed by atoms with Crippen molar-refractivity contribution >= 4 is 33.3 Å². The third-order valence-electron chi connectivity index (χ3n) is 3.48. The normalized spacial score (nSPS) is 12.0. The molecule has 0 saturated heterocycles. The smallest absolute Gasteiger partial charge is 0.276 e. The van der Waals surface area contributed by atoms with Crippen molar-refractivity contribution in [3.63, 3.8) is 0 Å². The van der Waals surface area contributed by atoms with Crippen LogP contribution in [0.1, 0.15) is 19.8 Å². The molecule has 0 radical (unpaired) electrons. The predicted octanol–water partition coefficient (Wildman–Crippen LogP) is 4.23. The summed E-state index contributed by atoms with van der Waals surface area (Å²) in [5.74, 6) is 0. The molecule has 0 aliphatic rings. The Morgan fingerprint density at radius 2 is 1.50 bits per heavy atom. The first kappa shape index (κ1) is 19.6. The molecule has 7 nitrogen and oxygen atoms in total. The number of unbranched alkanes of at least 4 members (excludes halogenated alkanes) is 1. The van der Waals surface area contributed by atoms with E-state index in [0.29, 0.717) is 5.69 Å². The predicted molar refractivity (Wildman–Crippen MR) is 105 cm³/mol. The number of azo groups is 1. The average Bonchev–Trinajstić information content (AvgIpc) is 2.64. The molecule has 0 saturated carbocycles. The van der Waals surface area contributed by atoms with Crippen molar-refractivity contribution in [1.29, 1.82) is 0 Å². The van der Waals surface area contributed by atoms with Gasteiger partial charge in [0.25, 0.3) is 10.0 Å². The van der Waals surface area contributed by atoms with Crippen LogP contribution in [0.3, 0.4) is 0 Å². The van der Waals surface area contributed by atoms with Crippen LogP contribution in [0.5, 0.6) is 0 Å². The molecule has 26 heavy (non-hydrogen) atoms. The number of benzene rings is 2. The molecule has 0 bridgehead atoms. The molecule has 0 spiro atoms. The number of hydrogen-bond acceptors (Lipinski definition) is 6. The largest absolute Gasteiger partial charge is 0.378 e. The molecule has 8 heteroatoms. The van der Waals surface area contributed by atoms with Crippen molar-refractivity contribution in [2.75, 3.05) is 19.0 Å². The summed E-state index contributed by atoms with van der Waals surface area (Å²) in [4.78, 5) is 4.31. The maximum absolute atomic E-state index is 12.1. The molecule has 0 heterocycles. The molecule has 0 amide bonds. The lowest BCUT2D eigenvalue weighted by Crippen LogP contribution is -2.18. The van der Waals surface area contributed by atoms with Gasteiger partial charge < -0.3 is 4.90 Å². The minimum atomic E-state index is -3.66. The van der Waals surface area contributed by atoms with Crippen LogP contribution in [0.15, 0.2) is 68.8 Å². The lowest BCUT2D eigenvalue weighted by Gasteiger charge is -2.11. The fourth-order valence-corrected chi connectivity index (χ4v) is 2.79. The Hall–Kier alpha value is -2.74. The molecule has 2 aromatic carbocycles. The van der Waals surface area contributed by atoms with E-state index in [-0.39, 0.29) is 4.90 Å². The van der Waals surface area contributed by atoms with Gasteiger partial charge in [-0.2, -0.15) is 23.7 Å². The lowest BCUT2D eigenvalue weighted by molar-refractivity contribution is 0.584. The van der Waals surface area contributed by atoms with E-state index in [1.54, 1.807) is 18.3 Å². The molecule has 138 valence electrons. The van der Waals surface area contributed by atoms with Gasteiger partial charge in [-0.25, -0.2) is 4.83 Å². The van der Waals surface area contributed by atoms with Gasteiger partial charge in [0.1, 0.15) is 0 Å². The number of nitrogens with one attached hydrogen (secondary N) is 1. The third-order valence-corrected chi connectivity index (χ3v) is 4.71. The minimum Gasteiger partial charge on any atom is -0.378 e. The van der Waals surface area contributed by atoms with Gasteiger partial charge in [0.2, 0.25) is 0 Å². The number of hydrogen-bond donors (Lipinski definition) is 1. The monoisotopic (exact) mass is 373 g/mol. The third kappa shape index (κ3) is 5.66. The average molecular weight is 373 g/mol. The quantitative estimate of drug-likeness (QED) is 0.427. The van der Waals surface area contributed by atoms with Gasteiger partial charge in [0.05, 0.1) is 16.3 Å². The van der Waals surface area contributed by atoms with Crippen molar-refractivity contribution in [2.24, 2.45) is 15.3 Å². The van der Waals surface area contributed by atoms with Crippen molar-refractivity contribution in [1.82, 2.24) is 4.83 Å². The fraction of sp³-hybridized carbons (Fsp3) is 0.278. The molecule has 0 unspecified atom stereocenters. The zero-order valence-electron chi connectivity index (χ0n) is 15.1. The van der Waals surface area contributed by atoms with Crippen LogP contribution in [-0.2, 0) is 10.0 Å². The molecule has 2 rings (SSSR count). The molecule has 0 aromatic heterocycles. The highest BCUT2D eigenvalue weighted by atomic mass is 32.2. The lowest BCUT2D eigenvalue weighted by atomic mass is 10.3. The summed E-state index contributed by atoms with van der Waals surface area (Å²) in [6.07, 6.45) is 3.17. The van der Waals surface area contributed by atoms with E-state index in [2.05, 4.69) is 20.2 Å². The van der Waals surface area contributed by atoms with Crippen LogP contribution in [0.4, 0.5) is 17.1 Å². The minimum absolute atomic E-state index is 0.125. The second-order valence-electron chi connectivity index (χ2n) is 5.80. The van der Waals surface area contributed by atoms with Crippen LogP contribution in [0.2, 0.25) is 0 Å². The summed E-state index contributed by atoms with van der Waals surface area (Å²) in [5.41, 5.74) is 2.36. The highest BCUT2D eigenvalue weighted by molar-refractivity contribution is 7.89. The second kappa shape index (κ2) is 9.10. The summed E-state index contributed by atoms with van der Waals surface area (Å²) in [6.45, 7) is 1.99. The Labute approximate surface area is 154 Å². The molecule has 0 fully saturated rings. The van der Waals surface area contributed by atoms with E-state index in [9.17, 15) is 8.42 Å². The van der Waals surface area contributed by atoms with Crippen LogP contribution < -0.4 is 9.73 Å². The van der Waals surface area contributed by atoms with E-state index >= 15 is 0 Å². The van der Waals surface area contributed by atoms with Crippen LogP contribution in [-0.4, -0.2) is 28.7 Å². The van der Waals surface area contributed by atoms with Crippen molar-refractivity contribution in [3.8, 4) is 0 Å². The Balaban J connectivity index is 2.04. The number of rotatable bonds is 8. The first-order valence-corrected chi connectivity index (χ1v) is 9.73. The first-order valence-electron chi connectivity index (χ1n) is 8.25. The van der Waals surface area contributed by atoms with E-state index < -0.39 is 10.0 Å². The van der Waals surface area contributed by atoms with E-state index in [4.69, 9.17) is 0 Å². The maximum Gasteiger partial charge on any atom is 0.276 e. The molecular weight excluding hydrogens is 350 g/mol. The Bertz CT molecular complexity index is 857. The maximum atomic E-state index is 12.1. The van der Waals surface area contributed by atoms with Crippen LogP contribution >= 0.6 is 0 Å². The number of sulfonamides is 1. The number of anilines is 1. The van der Waals surface area contributed by atoms with Gasteiger partial charge in [-0.3, -0.25) is 0 Å². The zero-order chi connectivity index (χ0) is 19.0. The van der Waals surface area contributed by atoms with Gasteiger partial charge >= 0.3 is 0 Å². The van der Waals surface area contributed by atoms with Gasteiger partial charge in [-0.1, -0.05) is 13.3 Å². The molecule has 0 atom stereocenters. The fourth-order valence-electron chi connectivity index (χ4n) is 1.98. The second-order valence-corrected chi connectivity index (χ2v) is 7.46. The van der Waals surface area contributed by atoms with Crippen molar-refractivity contribution < 1.29 is 8.42 Å². The number of hydrazone groups is 1. The molecule has 1 N–H and O–H groups in total. The zero-order valence-corrected chi connectivity index (χ0v) is 15.9. The molecule has 2 aromatic rings. The highest BCUT2D eigenvalue weighted by Crippen LogP contribution is 2.22. The Morgan fingerprint density at radius 1 is 0.962 bits per heavy atom. The molecule has 0 aliphatic heterocycles. The van der Waals surface area contributed by atoms with E-state index in [0.717, 1.165) is 24.2 Å². The Kier molecular flexibility index (Phi) is 6.85. The van der Waals surface area contributed by atoms with Gasteiger partial charge in [0.15, 0.2) is 0 Å². The summed E-state index contributed by atoms with van der Waals surface area (Å²) < 4.78 is 24.2. The van der Waals surface area contributed by atoms with Gasteiger partial charge in [0, 0.05) is 26.0 Å².